The molecule has 0 aromatic heterocycles. The lowest BCUT2D eigenvalue weighted by Gasteiger charge is -2.11. The van der Waals surface area contributed by atoms with Gasteiger partial charge in [0.05, 0.1) is 6.10 Å². The molecule has 0 fully saturated rings. The third kappa shape index (κ3) is 4.73. The molecule has 0 heterocycles. The zero-order chi connectivity index (χ0) is 7.98. The lowest BCUT2D eigenvalue weighted by molar-refractivity contribution is 0.0174. The molecule has 62 valence electrons. The molecule has 0 saturated heterocycles. The van der Waals surface area contributed by atoms with Crippen LogP contribution in [0.1, 0.15) is 32.6 Å². The van der Waals surface area contributed by atoms with Crippen LogP contribution in [0.4, 0.5) is 0 Å². The molecule has 0 aromatic carbocycles. The Hall–Kier alpha value is -0.120. The van der Waals surface area contributed by atoms with E-state index in [2.05, 4.69) is 6.92 Å². The predicted molar refractivity (Wildman–Crippen MR) is 40.3 cm³/mol. The molecule has 0 bridgehead atoms. The molecule has 2 atom stereocenters. The van der Waals surface area contributed by atoms with Gasteiger partial charge in [0.25, 0.3) is 0 Å². The van der Waals surface area contributed by atoms with Crippen molar-refractivity contribution in [3.05, 3.63) is 0 Å². The molecule has 0 radical (unpaired) electrons. The minimum atomic E-state index is -1.07. The van der Waals surface area contributed by atoms with Gasteiger partial charge in [-0.15, -0.1) is 0 Å². The molecule has 0 aliphatic heterocycles. The minimum Gasteiger partial charge on any atom is -0.389 e. The molecule has 3 heteroatoms. The van der Waals surface area contributed by atoms with Crippen LogP contribution in [-0.2, 0) is 0 Å². The smallest absolute Gasteiger partial charge is 0.128 e. The van der Waals surface area contributed by atoms with E-state index in [1.54, 1.807) is 0 Å². The van der Waals surface area contributed by atoms with E-state index in [1.165, 1.54) is 0 Å². The van der Waals surface area contributed by atoms with Gasteiger partial charge in [0.15, 0.2) is 0 Å². The van der Waals surface area contributed by atoms with Crippen LogP contribution in [0.25, 0.3) is 0 Å². The van der Waals surface area contributed by atoms with Gasteiger partial charge >= 0.3 is 0 Å². The highest BCUT2D eigenvalue weighted by molar-refractivity contribution is 4.59. The highest BCUT2D eigenvalue weighted by Gasteiger charge is 2.09. The van der Waals surface area contributed by atoms with Crippen molar-refractivity contribution in [1.82, 2.24) is 0 Å². The molecule has 0 aliphatic carbocycles. The molecular formula is C7H17NO2. The lowest BCUT2D eigenvalue weighted by Crippen LogP contribution is -2.33. The molecule has 0 amide bonds. The van der Waals surface area contributed by atoms with E-state index < -0.39 is 12.3 Å². The molecular weight excluding hydrogens is 130 g/mol. The van der Waals surface area contributed by atoms with E-state index in [-0.39, 0.29) is 0 Å². The number of aliphatic hydroxyl groups excluding tert-OH is 2. The summed E-state index contributed by atoms with van der Waals surface area (Å²) in [4.78, 5) is 0. The Morgan fingerprint density at radius 1 is 1.30 bits per heavy atom. The summed E-state index contributed by atoms with van der Waals surface area (Å²) < 4.78 is 0. The molecule has 3 nitrogen and oxygen atoms in total. The maximum Gasteiger partial charge on any atom is 0.128 e. The molecule has 2 unspecified atom stereocenters. The first kappa shape index (κ1) is 9.88. The summed E-state index contributed by atoms with van der Waals surface area (Å²) in [5, 5.41) is 17.6. The van der Waals surface area contributed by atoms with E-state index in [4.69, 9.17) is 15.9 Å². The normalized spacial score (nSPS) is 16.8. The molecule has 4 N–H and O–H groups in total. The third-order valence-corrected chi connectivity index (χ3v) is 1.50. The monoisotopic (exact) mass is 147 g/mol. The van der Waals surface area contributed by atoms with E-state index in [0.717, 1.165) is 19.3 Å². The highest BCUT2D eigenvalue weighted by atomic mass is 16.3. The molecule has 0 saturated carbocycles. The summed E-state index contributed by atoms with van der Waals surface area (Å²) in [7, 11) is 0. The van der Waals surface area contributed by atoms with Gasteiger partial charge in [0, 0.05) is 0 Å². The fourth-order valence-electron chi connectivity index (χ4n) is 0.774. The zero-order valence-corrected chi connectivity index (χ0v) is 6.45. The summed E-state index contributed by atoms with van der Waals surface area (Å²) in [6.45, 7) is 2.09. The maximum absolute atomic E-state index is 8.98. The lowest BCUT2D eigenvalue weighted by atomic mass is 10.1. The second-order valence-corrected chi connectivity index (χ2v) is 2.55. The van der Waals surface area contributed by atoms with Gasteiger partial charge in [-0.1, -0.05) is 26.2 Å². The zero-order valence-electron chi connectivity index (χ0n) is 6.45. The summed E-state index contributed by atoms with van der Waals surface area (Å²) in [6.07, 6.45) is 1.93. The molecule has 0 aliphatic rings. The summed E-state index contributed by atoms with van der Waals surface area (Å²) in [5.41, 5.74) is 5.02. The van der Waals surface area contributed by atoms with E-state index in [9.17, 15) is 0 Å². The second-order valence-electron chi connectivity index (χ2n) is 2.55. The Labute approximate surface area is 61.9 Å². The Morgan fingerprint density at radius 3 is 2.30 bits per heavy atom. The number of unbranched alkanes of at least 4 members (excludes halogenated alkanes) is 2. The summed E-state index contributed by atoms with van der Waals surface area (Å²) in [5.74, 6) is 0. The van der Waals surface area contributed by atoms with Crippen molar-refractivity contribution < 1.29 is 10.2 Å². The minimum absolute atomic E-state index is 0.603. The standard InChI is InChI=1S/C7H17NO2/c1-2-3-4-5-6(9)7(8)10/h6-7,9-10H,2-5,8H2,1H3. The van der Waals surface area contributed by atoms with Gasteiger partial charge in [-0.05, 0) is 6.42 Å². The van der Waals surface area contributed by atoms with Crippen LogP contribution in [0.5, 0.6) is 0 Å². The summed E-state index contributed by atoms with van der Waals surface area (Å²) in [6, 6.07) is 0. The van der Waals surface area contributed by atoms with Gasteiger partial charge in [-0.3, -0.25) is 0 Å². The first-order valence-corrected chi connectivity index (χ1v) is 3.80. The van der Waals surface area contributed by atoms with Crippen molar-refractivity contribution in [2.75, 3.05) is 0 Å². The van der Waals surface area contributed by atoms with Gasteiger partial charge in [0.1, 0.15) is 6.23 Å². The fourth-order valence-corrected chi connectivity index (χ4v) is 0.774. The van der Waals surface area contributed by atoms with E-state index >= 15 is 0 Å². The average Bonchev–Trinajstić information content (AvgIpc) is 1.88. The van der Waals surface area contributed by atoms with Crippen LogP contribution >= 0.6 is 0 Å². The SMILES string of the molecule is CCCCCC(O)C(N)O. The average molecular weight is 147 g/mol. The number of hydrogen-bond acceptors (Lipinski definition) is 3. The maximum atomic E-state index is 8.98. The Balaban J connectivity index is 3.13. The van der Waals surface area contributed by atoms with E-state index in [0.29, 0.717) is 6.42 Å². The van der Waals surface area contributed by atoms with Crippen LogP contribution in [0.2, 0.25) is 0 Å². The van der Waals surface area contributed by atoms with Crippen molar-refractivity contribution >= 4 is 0 Å². The van der Waals surface area contributed by atoms with Crippen molar-refractivity contribution in [1.29, 1.82) is 0 Å². The molecule has 0 spiro atoms. The van der Waals surface area contributed by atoms with Crippen LogP contribution in [0, 0.1) is 0 Å². The van der Waals surface area contributed by atoms with Gasteiger partial charge in [-0.2, -0.15) is 0 Å². The third-order valence-electron chi connectivity index (χ3n) is 1.50. The number of rotatable bonds is 5. The van der Waals surface area contributed by atoms with E-state index in [1.807, 2.05) is 0 Å². The quantitative estimate of drug-likeness (QED) is 0.384. The first-order chi connectivity index (χ1) is 4.68. The Bertz CT molecular complexity index is 76.0. The van der Waals surface area contributed by atoms with Crippen molar-refractivity contribution in [2.24, 2.45) is 5.73 Å². The highest BCUT2D eigenvalue weighted by Crippen LogP contribution is 2.03. The Kier molecular flexibility index (Phi) is 5.58. The number of nitrogens with two attached hydrogens (primary N) is 1. The van der Waals surface area contributed by atoms with Crippen LogP contribution in [0.3, 0.4) is 0 Å². The fraction of sp³-hybridized carbons (Fsp3) is 1.00. The first-order valence-electron chi connectivity index (χ1n) is 3.80. The largest absolute Gasteiger partial charge is 0.389 e. The summed E-state index contributed by atoms with van der Waals surface area (Å²) >= 11 is 0. The predicted octanol–water partition coefficient (Wildman–Crippen LogP) is 0.205. The Morgan fingerprint density at radius 2 is 1.90 bits per heavy atom. The van der Waals surface area contributed by atoms with Gasteiger partial charge in [-0.25, -0.2) is 0 Å². The molecule has 0 rings (SSSR count). The van der Waals surface area contributed by atoms with Crippen LogP contribution in [0.15, 0.2) is 0 Å². The molecule has 10 heavy (non-hydrogen) atoms. The second kappa shape index (κ2) is 5.65. The number of aliphatic hydroxyl groups is 2. The van der Waals surface area contributed by atoms with Gasteiger partial charge in [0.2, 0.25) is 0 Å². The van der Waals surface area contributed by atoms with Crippen molar-refractivity contribution in [2.45, 2.75) is 44.9 Å². The van der Waals surface area contributed by atoms with Crippen molar-refractivity contribution in [3.63, 3.8) is 0 Å². The van der Waals surface area contributed by atoms with Gasteiger partial charge < -0.3 is 15.9 Å². The van der Waals surface area contributed by atoms with Crippen LogP contribution < -0.4 is 5.73 Å². The topological polar surface area (TPSA) is 66.5 Å². The number of hydrogen-bond donors (Lipinski definition) is 3. The molecule has 0 aromatic rings. The van der Waals surface area contributed by atoms with Crippen molar-refractivity contribution in [3.8, 4) is 0 Å². The van der Waals surface area contributed by atoms with Crippen LogP contribution in [-0.4, -0.2) is 22.5 Å².